The molecule has 1 atom stereocenters. The minimum absolute atomic E-state index is 0.126. The summed E-state index contributed by atoms with van der Waals surface area (Å²) in [5.74, 6) is 0.477. The van der Waals surface area contributed by atoms with Gasteiger partial charge in [0.1, 0.15) is 5.75 Å². The zero-order chi connectivity index (χ0) is 15.5. The molecule has 5 heteroatoms. The first kappa shape index (κ1) is 14.4. The number of rotatable bonds is 5. The summed E-state index contributed by atoms with van der Waals surface area (Å²) in [6.45, 7) is -0.126. The number of nitro groups is 1. The third-order valence-corrected chi connectivity index (χ3v) is 4.06. The van der Waals surface area contributed by atoms with Gasteiger partial charge in [0.15, 0.2) is 0 Å². The van der Waals surface area contributed by atoms with Crippen molar-refractivity contribution in [3.05, 3.63) is 75.1 Å². The Morgan fingerprint density at radius 2 is 2.00 bits per heavy atom. The molecule has 0 fully saturated rings. The van der Waals surface area contributed by atoms with Crippen molar-refractivity contribution in [1.29, 1.82) is 0 Å². The quantitative estimate of drug-likeness (QED) is 0.524. The van der Waals surface area contributed by atoms with Gasteiger partial charge in [-0.3, -0.25) is 10.1 Å². The number of allylic oxidation sites excluding steroid dienone is 2. The van der Waals surface area contributed by atoms with Crippen LogP contribution in [0.15, 0.2) is 42.5 Å². The van der Waals surface area contributed by atoms with E-state index >= 15 is 0 Å². The lowest BCUT2D eigenvalue weighted by Gasteiger charge is -2.12. The number of nitrogens with one attached hydrogen (secondary N) is 1. The van der Waals surface area contributed by atoms with Crippen LogP contribution in [0.5, 0.6) is 5.75 Å². The van der Waals surface area contributed by atoms with Gasteiger partial charge in [-0.15, -0.1) is 0 Å². The van der Waals surface area contributed by atoms with Crippen molar-refractivity contribution >= 4 is 0 Å². The van der Waals surface area contributed by atoms with Gasteiger partial charge in [0, 0.05) is 22.7 Å². The van der Waals surface area contributed by atoms with Crippen LogP contribution in [-0.4, -0.2) is 23.6 Å². The highest BCUT2D eigenvalue weighted by atomic mass is 16.6. The molecule has 1 unspecified atom stereocenters. The Morgan fingerprint density at radius 1 is 1.27 bits per heavy atom. The monoisotopic (exact) mass is 298 g/mol. The van der Waals surface area contributed by atoms with Crippen LogP contribution in [0.25, 0.3) is 0 Å². The van der Waals surface area contributed by atoms with Gasteiger partial charge in [0.2, 0.25) is 6.54 Å². The van der Waals surface area contributed by atoms with Crippen molar-refractivity contribution < 1.29 is 9.66 Å². The number of hydrogen-bond acceptors (Lipinski definition) is 3. The Hall–Kier alpha value is -2.56. The molecule has 0 aliphatic heterocycles. The third-order valence-electron chi connectivity index (χ3n) is 4.06. The van der Waals surface area contributed by atoms with Crippen LogP contribution < -0.4 is 4.74 Å². The summed E-state index contributed by atoms with van der Waals surface area (Å²) in [6.07, 6.45) is 6.01. The Bertz CT molecular complexity index is 676. The first-order chi connectivity index (χ1) is 10.7. The van der Waals surface area contributed by atoms with E-state index in [1.54, 1.807) is 7.11 Å². The first-order valence-electron chi connectivity index (χ1n) is 7.29. The lowest BCUT2D eigenvalue weighted by Crippen LogP contribution is -2.14. The number of aromatic amines is 1. The van der Waals surface area contributed by atoms with Crippen LogP contribution in [-0.2, 0) is 12.8 Å². The van der Waals surface area contributed by atoms with Gasteiger partial charge in [0.05, 0.1) is 13.0 Å². The van der Waals surface area contributed by atoms with E-state index in [-0.39, 0.29) is 17.4 Å². The van der Waals surface area contributed by atoms with Crippen molar-refractivity contribution in [3.63, 3.8) is 0 Å². The molecule has 0 spiro atoms. The first-order valence-corrected chi connectivity index (χ1v) is 7.29. The molecule has 3 rings (SSSR count). The summed E-state index contributed by atoms with van der Waals surface area (Å²) in [5.41, 5.74) is 4.23. The van der Waals surface area contributed by atoms with E-state index in [1.807, 2.05) is 24.3 Å². The molecule has 0 bridgehead atoms. The fourth-order valence-corrected chi connectivity index (χ4v) is 2.90. The number of ether oxygens (including phenoxy) is 1. The number of nitrogens with zero attached hydrogens (tertiary/aromatic N) is 1. The highest BCUT2D eigenvalue weighted by molar-refractivity contribution is 5.39. The van der Waals surface area contributed by atoms with Gasteiger partial charge in [-0.1, -0.05) is 24.3 Å². The lowest BCUT2D eigenvalue weighted by atomic mass is 9.95. The number of hydrogen-bond donors (Lipinski definition) is 1. The van der Waals surface area contributed by atoms with Gasteiger partial charge in [-0.05, 0) is 35.7 Å². The van der Waals surface area contributed by atoms with Gasteiger partial charge in [-0.2, -0.15) is 0 Å². The maximum atomic E-state index is 11.1. The average molecular weight is 298 g/mol. The predicted octanol–water partition coefficient (Wildman–Crippen LogP) is 3.09. The molecule has 0 saturated heterocycles. The molecule has 5 nitrogen and oxygen atoms in total. The highest BCUT2D eigenvalue weighted by Gasteiger charge is 2.23. The molecule has 0 radical (unpaired) electrons. The van der Waals surface area contributed by atoms with Crippen LogP contribution in [0.2, 0.25) is 0 Å². The molecule has 1 heterocycles. The summed E-state index contributed by atoms with van der Waals surface area (Å²) in [6, 6.07) is 9.53. The zero-order valence-corrected chi connectivity index (χ0v) is 12.4. The van der Waals surface area contributed by atoms with Crippen LogP contribution in [0, 0.1) is 10.1 Å². The third kappa shape index (κ3) is 2.88. The van der Waals surface area contributed by atoms with Crippen molar-refractivity contribution in [3.8, 4) is 5.75 Å². The topological polar surface area (TPSA) is 68.2 Å². The van der Waals surface area contributed by atoms with Crippen molar-refractivity contribution in [2.24, 2.45) is 0 Å². The molecule has 0 amide bonds. The normalized spacial score (nSPS) is 14.4. The van der Waals surface area contributed by atoms with Crippen LogP contribution in [0.4, 0.5) is 0 Å². The molecule has 0 saturated carbocycles. The maximum absolute atomic E-state index is 11.1. The second-order valence-corrected chi connectivity index (χ2v) is 5.45. The fraction of sp³-hybridized carbons (Fsp3) is 0.294. The van der Waals surface area contributed by atoms with E-state index in [0.717, 1.165) is 29.8 Å². The molecule has 1 N–H and O–H groups in total. The molecule has 1 aromatic carbocycles. The summed E-state index contributed by atoms with van der Waals surface area (Å²) in [7, 11) is 1.61. The molecule has 1 aromatic heterocycles. The highest BCUT2D eigenvalue weighted by Crippen LogP contribution is 2.29. The minimum atomic E-state index is -0.272. The van der Waals surface area contributed by atoms with Crippen molar-refractivity contribution in [1.82, 2.24) is 4.98 Å². The maximum Gasteiger partial charge on any atom is 0.216 e. The largest absolute Gasteiger partial charge is 0.497 e. The number of methoxy groups -OCH3 is 1. The Morgan fingerprint density at radius 3 is 2.64 bits per heavy atom. The number of aromatic nitrogens is 1. The molecule has 2 aromatic rings. The predicted molar refractivity (Wildman–Crippen MR) is 84.0 cm³/mol. The van der Waals surface area contributed by atoms with Crippen molar-refractivity contribution in [2.45, 2.75) is 18.8 Å². The van der Waals surface area contributed by atoms with Crippen LogP contribution >= 0.6 is 0 Å². The van der Waals surface area contributed by atoms with E-state index in [1.165, 1.54) is 11.3 Å². The Labute approximate surface area is 128 Å². The number of fused-ring (bicyclic) bond motifs is 1. The van der Waals surface area contributed by atoms with E-state index in [4.69, 9.17) is 4.74 Å². The standard InChI is InChI=1S/C17H18N2O3/c1-22-14-8-6-12(7-9-14)15(11-19(20)21)17-10-13-4-2-3-5-16(13)18-17/h2-3,6-10,15,18H,4-5,11H2,1H3. The van der Waals surface area contributed by atoms with E-state index in [2.05, 4.69) is 23.2 Å². The molecular weight excluding hydrogens is 280 g/mol. The van der Waals surface area contributed by atoms with Crippen molar-refractivity contribution in [2.75, 3.05) is 13.7 Å². The Kier molecular flexibility index (Phi) is 3.96. The van der Waals surface area contributed by atoms with E-state index < -0.39 is 0 Å². The second kappa shape index (κ2) is 6.05. The van der Waals surface area contributed by atoms with Gasteiger partial charge in [0.25, 0.3) is 0 Å². The molecule has 1 aliphatic carbocycles. The second-order valence-electron chi connectivity index (χ2n) is 5.45. The zero-order valence-electron chi connectivity index (χ0n) is 12.4. The molecular formula is C17H18N2O3. The fourth-order valence-electron chi connectivity index (χ4n) is 2.90. The van der Waals surface area contributed by atoms with E-state index in [0.29, 0.717) is 0 Å². The van der Waals surface area contributed by atoms with Gasteiger partial charge in [-0.25, -0.2) is 0 Å². The van der Waals surface area contributed by atoms with Crippen LogP contribution in [0.1, 0.15) is 28.4 Å². The molecule has 114 valence electrons. The average Bonchev–Trinajstić information content (AvgIpc) is 2.96. The summed E-state index contributed by atoms with van der Waals surface area (Å²) >= 11 is 0. The smallest absolute Gasteiger partial charge is 0.216 e. The number of benzene rings is 1. The molecule has 1 aliphatic rings. The van der Waals surface area contributed by atoms with Gasteiger partial charge >= 0.3 is 0 Å². The summed E-state index contributed by atoms with van der Waals surface area (Å²) in [4.78, 5) is 14.2. The minimum Gasteiger partial charge on any atom is -0.497 e. The van der Waals surface area contributed by atoms with Gasteiger partial charge < -0.3 is 9.72 Å². The molecule has 22 heavy (non-hydrogen) atoms. The van der Waals surface area contributed by atoms with E-state index in [9.17, 15) is 10.1 Å². The van der Waals surface area contributed by atoms with Crippen LogP contribution in [0.3, 0.4) is 0 Å². The summed E-state index contributed by atoms with van der Waals surface area (Å²) in [5, 5.41) is 11.1. The Balaban J connectivity index is 1.94. The summed E-state index contributed by atoms with van der Waals surface area (Å²) < 4.78 is 5.15. The SMILES string of the molecule is COc1ccc(C(C[N+](=O)[O-])c2cc3c([nH]2)CC=CC3)cc1. The lowest BCUT2D eigenvalue weighted by molar-refractivity contribution is -0.481. The number of H-pyrrole nitrogens is 1.